The highest BCUT2D eigenvalue weighted by molar-refractivity contribution is 5.98. The van der Waals surface area contributed by atoms with E-state index in [0.29, 0.717) is 29.1 Å². The van der Waals surface area contributed by atoms with Crippen LogP contribution in [-0.2, 0) is 19.1 Å². The van der Waals surface area contributed by atoms with E-state index in [0.717, 1.165) is 19.3 Å². The lowest BCUT2D eigenvalue weighted by Gasteiger charge is -2.36. The number of esters is 2. The first-order valence-electron chi connectivity index (χ1n) is 9.96. The SMILES string of the molecule is COc1ccc(/C=C(/C#N)C(=O)OCC(=O)O[C@H]2C[C@@H](C)CC[C@@H]2C(C)C)cc1. The molecule has 0 unspecified atom stereocenters. The molecule has 0 amide bonds. The molecule has 29 heavy (non-hydrogen) atoms. The molecule has 1 aliphatic rings. The van der Waals surface area contributed by atoms with Gasteiger partial charge in [-0.05, 0) is 54.4 Å². The molecule has 0 aliphatic heterocycles. The van der Waals surface area contributed by atoms with Crippen LogP contribution in [0.5, 0.6) is 5.75 Å². The summed E-state index contributed by atoms with van der Waals surface area (Å²) >= 11 is 0. The summed E-state index contributed by atoms with van der Waals surface area (Å²) in [7, 11) is 1.55. The lowest BCUT2D eigenvalue weighted by molar-refractivity contribution is -0.165. The van der Waals surface area contributed by atoms with Crippen molar-refractivity contribution in [3.63, 3.8) is 0 Å². The first-order valence-corrected chi connectivity index (χ1v) is 9.96. The van der Waals surface area contributed by atoms with Crippen LogP contribution in [-0.4, -0.2) is 31.8 Å². The number of hydrogen-bond acceptors (Lipinski definition) is 6. The normalized spacial score (nSPS) is 21.9. The number of hydrogen-bond donors (Lipinski definition) is 0. The fraction of sp³-hybridized carbons (Fsp3) is 0.522. The first kappa shape index (κ1) is 22.5. The minimum absolute atomic E-state index is 0.157. The Bertz CT molecular complexity index is 775. The molecule has 3 atom stereocenters. The largest absolute Gasteiger partial charge is 0.497 e. The molecule has 0 aromatic heterocycles. The Labute approximate surface area is 172 Å². The van der Waals surface area contributed by atoms with Crippen LogP contribution in [0.3, 0.4) is 0 Å². The number of nitrogens with zero attached hydrogens (tertiary/aromatic N) is 1. The van der Waals surface area contributed by atoms with E-state index in [2.05, 4.69) is 20.8 Å². The molecular weight excluding hydrogens is 370 g/mol. The zero-order valence-corrected chi connectivity index (χ0v) is 17.5. The van der Waals surface area contributed by atoms with Gasteiger partial charge < -0.3 is 14.2 Å². The van der Waals surface area contributed by atoms with Crippen LogP contribution in [0, 0.1) is 29.1 Å². The van der Waals surface area contributed by atoms with E-state index in [1.807, 2.05) is 6.07 Å². The Morgan fingerprint density at radius 1 is 1.24 bits per heavy atom. The highest BCUT2D eigenvalue weighted by Crippen LogP contribution is 2.35. The van der Waals surface area contributed by atoms with Gasteiger partial charge in [0.25, 0.3) is 0 Å². The summed E-state index contributed by atoms with van der Waals surface area (Å²) in [6, 6.07) is 8.69. The van der Waals surface area contributed by atoms with E-state index in [9.17, 15) is 14.9 Å². The monoisotopic (exact) mass is 399 g/mol. The van der Waals surface area contributed by atoms with Gasteiger partial charge in [-0.15, -0.1) is 0 Å². The molecule has 0 radical (unpaired) electrons. The van der Waals surface area contributed by atoms with Crippen molar-refractivity contribution in [1.82, 2.24) is 0 Å². The van der Waals surface area contributed by atoms with Crippen LogP contribution in [0.2, 0.25) is 0 Å². The molecule has 0 saturated heterocycles. The first-order chi connectivity index (χ1) is 13.8. The summed E-state index contributed by atoms with van der Waals surface area (Å²) in [5.74, 6) is 0.476. The molecule has 1 fully saturated rings. The summed E-state index contributed by atoms with van der Waals surface area (Å²) in [6.45, 7) is 5.91. The second-order valence-electron chi connectivity index (χ2n) is 7.87. The Hall–Kier alpha value is -2.81. The Morgan fingerprint density at radius 3 is 2.52 bits per heavy atom. The number of benzene rings is 1. The second kappa shape index (κ2) is 10.7. The van der Waals surface area contributed by atoms with Crippen molar-refractivity contribution < 1.29 is 23.8 Å². The Kier molecular flexibility index (Phi) is 8.26. The predicted octanol–water partition coefficient (Wildman–Crippen LogP) is 4.15. The van der Waals surface area contributed by atoms with Gasteiger partial charge in [-0.25, -0.2) is 9.59 Å². The number of carbonyl (C=O) groups excluding carboxylic acids is 2. The Morgan fingerprint density at radius 2 is 1.93 bits per heavy atom. The van der Waals surface area contributed by atoms with Crippen molar-refractivity contribution in [2.24, 2.45) is 17.8 Å². The summed E-state index contributed by atoms with van der Waals surface area (Å²) in [4.78, 5) is 24.4. The second-order valence-corrected chi connectivity index (χ2v) is 7.87. The predicted molar refractivity (Wildman–Crippen MR) is 109 cm³/mol. The van der Waals surface area contributed by atoms with Crippen molar-refractivity contribution in [2.75, 3.05) is 13.7 Å². The van der Waals surface area contributed by atoms with Crippen molar-refractivity contribution in [1.29, 1.82) is 5.26 Å². The van der Waals surface area contributed by atoms with Crippen LogP contribution in [0.1, 0.15) is 45.6 Å². The van der Waals surface area contributed by atoms with Crippen molar-refractivity contribution in [2.45, 2.75) is 46.1 Å². The quantitative estimate of drug-likeness (QED) is 0.389. The summed E-state index contributed by atoms with van der Waals surface area (Å²) in [5.41, 5.74) is 0.465. The number of ether oxygens (including phenoxy) is 3. The zero-order chi connectivity index (χ0) is 21.4. The summed E-state index contributed by atoms with van der Waals surface area (Å²) in [6.07, 6.45) is 4.23. The molecule has 0 bridgehead atoms. The van der Waals surface area contributed by atoms with E-state index < -0.39 is 18.5 Å². The molecular formula is C23H29NO5. The van der Waals surface area contributed by atoms with Gasteiger partial charge in [0.2, 0.25) is 0 Å². The molecule has 0 N–H and O–H groups in total. The maximum absolute atomic E-state index is 12.2. The van der Waals surface area contributed by atoms with Crippen molar-refractivity contribution >= 4 is 18.0 Å². The maximum atomic E-state index is 12.2. The topological polar surface area (TPSA) is 85.6 Å². The van der Waals surface area contributed by atoms with E-state index in [-0.39, 0.29) is 11.7 Å². The third kappa shape index (κ3) is 6.63. The van der Waals surface area contributed by atoms with Gasteiger partial charge in [0, 0.05) is 0 Å². The highest BCUT2D eigenvalue weighted by Gasteiger charge is 2.33. The van der Waals surface area contributed by atoms with Crippen LogP contribution >= 0.6 is 0 Å². The molecule has 156 valence electrons. The molecule has 1 aromatic carbocycles. The van der Waals surface area contributed by atoms with Crippen molar-refractivity contribution in [3.05, 3.63) is 35.4 Å². The number of nitriles is 1. The summed E-state index contributed by atoms with van der Waals surface area (Å²) in [5, 5.41) is 9.25. The van der Waals surface area contributed by atoms with Gasteiger partial charge >= 0.3 is 11.9 Å². The van der Waals surface area contributed by atoms with Crippen LogP contribution in [0.15, 0.2) is 29.8 Å². The average molecular weight is 399 g/mol. The van der Waals surface area contributed by atoms with Gasteiger partial charge in [0.15, 0.2) is 6.61 Å². The molecule has 1 aromatic rings. The highest BCUT2D eigenvalue weighted by atomic mass is 16.6. The minimum Gasteiger partial charge on any atom is -0.497 e. The van der Waals surface area contributed by atoms with Crippen LogP contribution in [0.4, 0.5) is 0 Å². The fourth-order valence-electron chi connectivity index (χ4n) is 3.66. The molecule has 0 spiro atoms. The number of carbonyl (C=O) groups is 2. The van der Waals surface area contributed by atoms with Crippen LogP contribution < -0.4 is 4.74 Å². The van der Waals surface area contributed by atoms with E-state index in [1.165, 1.54) is 6.08 Å². The van der Waals surface area contributed by atoms with Gasteiger partial charge in [-0.2, -0.15) is 5.26 Å². The molecule has 6 nitrogen and oxygen atoms in total. The lowest BCUT2D eigenvalue weighted by atomic mass is 9.75. The number of methoxy groups -OCH3 is 1. The molecule has 1 saturated carbocycles. The molecule has 0 heterocycles. The van der Waals surface area contributed by atoms with Crippen molar-refractivity contribution in [3.8, 4) is 11.8 Å². The van der Waals surface area contributed by atoms with E-state index in [1.54, 1.807) is 31.4 Å². The molecule has 2 rings (SSSR count). The average Bonchev–Trinajstić information content (AvgIpc) is 2.70. The maximum Gasteiger partial charge on any atom is 0.349 e. The van der Waals surface area contributed by atoms with Crippen LogP contribution in [0.25, 0.3) is 6.08 Å². The van der Waals surface area contributed by atoms with Gasteiger partial charge in [0.05, 0.1) is 7.11 Å². The standard InChI is InChI=1S/C23H29NO5/c1-15(2)20-10-5-16(3)11-21(20)29-22(25)14-28-23(26)18(13-24)12-17-6-8-19(27-4)9-7-17/h6-9,12,15-16,20-21H,5,10-11,14H2,1-4H3/b18-12-/t16-,20+,21-/m0/s1. The third-order valence-corrected chi connectivity index (χ3v) is 5.33. The van der Waals surface area contributed by atoms with E-state index >= 15 is 0 Å². The van der Waals surface area contributed by atoms with Gasteiger partial charge in [-0.1, -0.05) is 39.3 Å². The van der Waals surface area contributed by atoms with Gasteiger partial charge in [-0.3, -0.25) is 0 Å². The fourth-order valence-corrected chi connectivity index (χ4v) is 3.66. The van der Waals surface area contributed by atoms with E-state index in [4.69, 9.17) is 14.2 Å². The smallest absolute Gasteiger partial charge is 0.349 e. The minimum atomic E-state index is -0.849. The number of rotatable bonds is 7. The molecule has 1 aliphatic carbocycles. The zero-order valence-electron chi connectivity index (χ0n) is 17.5. The summed E-state index contributed by atoms with van der Waals surface area (Å²) < 4.78 is 15.7. The lowest BCUT2D eigenvalue weighted by Crippen LogP contribution is -2.36. The Balaban J connectivity index is 1.92. The third-order valence-electron chi connectivity index (χ3n) is 5.33. The van der Waals surface area contributed by atoms with Gasteiger partial charge in [0.1, 0.15) is 23.5 Å². The molecule has 6 heteroatoms.